The zero-order chi connectivity index (χ0) is 13.5. The summed E-state index contributed by atoms with van der Waals surface area (Å²) in [5.74, 6) is 1.67. The van der Waals surface area contributed by atoms with Crippen molar-refractivity contribution in [3.8, 4) is 5.75 Å². The topological polar surface area (TPSA) is 30.5 Å². The average Bonchev–Trinajstić information content (AvgIpc) is 2.44. The van der Waals surface area contributed by atoms with Crippen LogP contribution < -0.4 is 10.1 Å². The predicted molar refractivity (Wildman–Crippen MR) is 78.9 cm³/mol. The SMILES string of the molecule is COCCOc1ccc(NC2CCCCC2C)cc1. The van der Waals surface area contributed by atoms with Gasteiger partial charge in [-0.25, -0.2) is 0 Å². The molecular formula is C16H25NO2. The van der Waals surface area contributed by atoms with Crippen LogP contribution in [0.2, 0.25) is 0 Å². The van der Waals surface area contributed by atoms with Crippen LogP contribution in [0, 0.1) is 5.92 Å². The molecule has 2 atom stereocenters. The summed E-state index contributed by atoms with van der Waals surface area (Å²) in [7, 11) is 1.68. The van der Waals surface area contributed by atoms with E-state index in [9.17, 15) is 0 Å². The van der Waals surface area contributed by atoms with Gasteiger partial charge < -0.3 is 14.8 Å². The van der Waals surface area contributed by atoms with Gasteiger partial charge in [0, 0.05) is 18.8 Å². The molecule has 2 rings (SSSR count). The first-order valence-corrected chi connectivity index (χ1v) is 7.28. The fourth-order valence-electron chi connectivity index (χ4n) is 2.64. The van der Waals surface area contributed by atoms with E-state index in [-0.39, 0.29) is 0 Å². The monoisotopic (exact) mass is 263 g/mol. The number of hydrogen-bond donors (Lipinski definition) is 1. The molecule has 1 fully saturated rings. The fraction of sp³-hybridized carbons (Fsp3) is 0.625. The van der Waals surface area contributed by atoms with Gasteiger partial charge in [-0.3, -0.25) is 0 Å². The van der Waals surface area contributed by atoms with Gasteiger partial charge in [0.15, 0.2) is 0 Å². The second-order valence-electron chi connectivity index (χ2n) is 5.38. The highest BCUT2D eigenvalue weighted by Gasteiger charge is 2.20. The zero-order valence-corrected chi connectivity index (χ0v) is 12.0. The standard InChI is InChI=1S/C16H25NO2/c1-13-5-3-4-6-16(13)17-14-7-9-15(10-8-14)19-12-11-18-2/h7-10,13,16-17H,3-6,11-12H2,1-2H3. The molecule has 1 aromatic rings. The van der Waals surface area contributed by atoms with Gasteiger partial charge in [-0.15, -0.1) is 0 Å². The van der Waals surface area contributed by atoms with Crippen LogP contribution in [0.25, 0.3) is 0 Å². The van der Waals surface area contributed by atoms with Gasteiger partial charge in [-0.2, -0.15) is 0 Å². The summed E-state index contributed by atoms with van der Waals surface area (Å²) in [5, 5.41) is 3.64. The number of ether oxygens (including phenoxy) is 2. The van der Waals surface area contributed by atoms with E-state index in [2.05, 4.69) is 24.4 Å². The number of hydrogen-bond acceptors (Lipinski definition) is 3. The molecule has 3 nitrogen and oxygen atoms in total. The molecule has 0 bridgehead atoms. The maximum Gasteiger partial charge on any atom is 0.119 e. The Kier molecular flexibility index (Phi) is 5.52. The van der Waals surface area contributed by atoms with Crippen LogP contribution in [-0.4, -0.2) is 26.4 Å². The number of nitrogens with one attached hydrogen (secondary N) is 1. The van der Waals surface area contributed by atoms with E-state index in [4.69, 9.17) is 9.47 Å². The van der Waals surface area contributed by atoms with Crippen LogP contribution in [-0.2, 0) is 4.74 Å². The van der Waals surface area contributed by atoms with Crippen molar-refractivity contribution in [1.29, 1.82) is 0 Å². The second kappa shape index (κ2) is 7.39. The number of anilines is 1. The molecule has 2 unspecified atom stereocenters. The van der Waals surface area contributed by atoms with Gasteiger partial charge in [0.1, 0.15) is 12.4 Å². The molecule has 1 aliphatic carbocycles. The van der Waals surface area contributed by atoms with Crippen LogP contribution in [0.4, 0.5) is 5.69 Å². The third-order valence-electron chi connectivity index (χ3n) is 3.87. The van der Waals surface area contributed by atoms with Crippen LogP contribution in [0.1, 0.15) is 32.6 Å². The Bertz CT molecular complexity index is 364. The van der Waals surface area contributed by atoms with E-state index in [0.29, 0.717) is 19.3 Å². The lowest BCUT2D eigenvalue weighted by molar-refractivity contribution is 0.146. The molecular weight excluding hydrogens is 238 g/mol. The van der Waals surface area contributed by atoms with Crippen molar-refractivity contribution in [2.75, 3.05) is 25.6 Å². The predicted octanol–water partition coefficient (Wildman–Crippen LogP) is 3.70. The Morgan fingerprint density at radius 3 is 2.53 bits per heavy atom. The van der Waals surface area contributed by atoms with Gasteiger partial charge in [0.05, 0.1) is 6.61 Å². The molecule has 0 amide bonds. The average molecular weight is 263 g/mol. The minimum Gasteiger partial charge on any atom is -0.491 e. The lowest BCUT2D eigenvalue weighted by atomic mass is 9.86. The van der Waals surface area contributed by atoms with Gasteiger partial charge in [-0.1, -0.05) is 19.8 Å². The summed E-state index contributed by atoms with van der Waals surface area (Å²) in [6.45, 7) is 3.57. The van der Waals surface area contributed by atoms with E-state index >= 15 is 0 Å². The molecule has 106 valence electrons. The first kappa shape index (κ1) is 14.2. The van der Waals surface area contributed by atoms with Crippen molar-refractivity contribution in [2.45, 2.75) is 38.6 Å². The van der Waals surface area contributed by atoms with E-state index in [1.54, 1.807) is 7.11 Å². The summed E-state index contributed by atoms with van der Waals surface area (Å²) in [6, 6.07) is 8.86. The van der Waals surface area contributed by atoms with E-state index in [0.717, 1.165) is 11.7 Å². The van der Waals surface area contributed by atoms with Gasteiger partial charge in [0.2, 0.25) is 0 Å². The van der Waals surface area contributed by atoms with Crippen LogP contribution in [0.3, 0.4) is 0 Å². The highest BCUT2D eigenvalue weighted by molar-refractivity contribution is 5.47. The quantitative estimate of drug-likeness (QED) is 0.794. The van der Waals surface area contributed by atoms with Gasteiger partial charge >= 0.3 is 0 Å². The Morgan fingerprint density at radius 1 is 1.11 bits per heavy atom. The summed E-state index contributed by atoms with van der Waals surface area (Å²) in [4.78, 5) is 0. The van der Waals surface area contributed by atoms with Crippen molar-refractivity contribution in [2.24, 2.45) is 5.92 Å². The first-order chi connectivity index (χ1) is 9.29. The molecule has 1 saturated carbocycles. The number of benzene rings is 1. The zero-order valence-electron chi connectivity index (χ0n) is 12.0. The largest absolute Gasteiger partial charge is 0.491 e. The van der Waals surface area contributed by atoms with Crippen LogP contribution in [0.15, 0.2) is 24.3 Å². The first-order valence-electron chi connectivity index (χ1n) is 7.28. The molecule has 0 aliphatic heterocycles. The maximum absolute atomic E-state index is 5.56. The van der Waals surface area contributed by atoms with E-state index < -0.39 is 0 Å². The molecule has 19 heavy (non-hydrogen) atoms. The van der Waals surface area contributed by atoms with Crippen molar-refractivity contribution in [1.82, 2.24) is 0 Å². The fourth-order valence-corrected chi connectivity index (χ4v) is 2.64. The highest BCUT2D eigenvalue weighted by Crippen LogP contribution is 2.27. The minimum atomic E-state index is 0.600. The normalized spacial score (nSPS) is 23.1. The highest BCUT2D eigenvalue weighted by atomic mass is 16.5. The molecule has 1 aromatic carbocycles. The lowest BCUT2D eigenvalue weighted by Crippen LogP contribution is -2.30. The molecule has 0 aromatic heterocycles. The molecule has 0 heterocycles. The van der Waals surface area contributed by atoms with Crippen molar-refractivity contribution in [3.05, 3.63) is 24.3 Å². The van der Waals surface area contributed by atoms with E-state index in [1.807, 2.05) is 12.1 Å². The van der Waals surface area contributed by atoms with Crippen molar-refractivity contribution < 1.29 is 9.47 Å². The van der Waals surface area contributed by atoms with E-state index in [1.165, 1.54) is 31.4 Å². The van der Waals surface area contributed by atoms with Gasteiger partial charge in [-0.05, 0) is 43.0 Å². The van der Waals surface area contributed by atoms with Crippen LogP contribution in [0.5, 0.6) is 5.75 Å². The molecule has 1 N–H and O–H groups in total. The molecule has 0 spiro atoms. The Morgan fingerprint density at radius 2 is 1.84 bits per heavy atom. The minimum absolute atomic E-state index is 0.600. The third kappa shape index (κ3) is 4.43. The third-order valence-corrected chi connectivity index (χ3v) is 3.87. The van der Waals surface area contributed by atoms with Crippen molar-refractivity contribution in [3.63, 3.8) is 0 Å². The Balaban J connectivity index is 1.84. The van der Waals surface area contributed by atoms with Crippen molar-refractivity contribution >= 4 is 5.69 Å². The summed E-state index contributed by atoms with van der Waals surface area (Å²) in [5.41, 5.74) is 1.19. The molecule has 0 radical (unpaired) electrons. The molecule has 1 aliphatic rings. The summed E-state index contributed by atoms with van der Waals surface area (Å²) >= 11 is 0. The number of rotatable bonds is 6. The molecule has 0 saturated heterocycles. The summed E-state index contributed by atoms with van der Waals surface area (Å²) < 4.78 is 10.5. The maximum atomic E-state index is 5.56. The lowest BCUT2D eigenvalue weighted by Gasteiger charge is -2.30. The number of methoxy groups -OCH3 is 1. The molecule has 3 heteroatoms. The second-order valence-corrected chi connectivity index (χ2v) is 5.38. The Hall–Kier alpha value is -1.22. The Labute approximate surface area is 116 Å². The van der Waals surface area contributed by atoms with Gasteiger partial charge in [0.25, 0.3) is 0 Å². The van der Waals surface area contributed by atoms with Crippen LogP contribution >= 0.6 is 0 Å². The summed E-state index contributed by atoms with van der Waals surface area (Å²) in [6.07, 6.45) is 5.36. The smallest absolute Gasteiger partial charge is 0.119 e.